The summed E-state index contributed by atoms with van der Waals surface area (Å²) < 4.78 is 110. The normalized spacial score (nSPS) is 18.2. The Hall–Kier alpha value is -3.55. The van der Waals surface area contributed by atoms with Gasteiger partial charge in [0.2, 0.25) is 11.7 Å². The Balaban J connectivity index is -0.00000000209. The molecule has 0 aliphatic carbocycles. The highest BCUT2D eigenvalue weighted by molar-refractivity contribution is 5.89. The fourth-order valence-electron chi connectivity index (χ4n) is 7.53. The maximum Gasteiger partial charge on any atom is 0.329 e. The number of amides is 1. The molecule has 3 aromatic rings. The predicted molar refractivity (Wildman–Crippen MR) is 429 cm³/mol. The van der Waals surface area contributed by atoms with Gasteiger partial charge in [-0.25, -0.2) is 4.79 Å². The third-order valence-electron chi connectivity index (χ3n) is 9.51. The van der Waals surface area contributed by atoms with Gasteiger partial charge in [0, 0.05) is 197 Å². The van der Waals surface area contributed by atoms with Crippen LogP contribution in [0.1, 0.15) is 301 Å². The molecule has 8 heteroatoms. The van der Waals surface area contributed by atoms with Gasteiger partial charge in [-0.2, -0.15) is 5.21 Å². The first-order chi connectivity index (χ1) is 30.8. The fourth-order valence-corrected chi connectivity index (χ4v) is 7.53. The summed E-state index contributed by atoms with van der Waals surface area (Å²) in [5.41, 5.74) is 4.98. The van der Waals surface area contributed by atoms with Crippen LogP contribution in [0, 0.1) is 44.9 Å². The quantitative estimate of drug-likeness (QED) is 0.188. The SMILES string of the molecule is [2H]C(C)(c1c(C)cc(-c2c(C)cccc2-c2nn[nH]n2)c(C)c1C)N(C(=O)CC(C)CCC)[C@](C)(C(=O)O)C(CC)C(C)(C)C.[2H][2H].[2H][2H].[2H][2H].[2H][2H].[2H][2H].[2H][2H].[2H][2H].[2H][2H].[2H][2H].[2H][2H].[HH].[HH].[HH].[HH].[HH].[HH].[HH].[HH].[HH].[HH].[HH].[HH].[HH].[HH].[HH].[HH].[HH].[HH].[HH].[HH].[HH].[HH].[HH].[HH].[HH].[HH].[HH].[HH].[HH].[HH].[HH].[HH].[HH].[HH].[HH].[HH].[HH].[HH].[HH].[HH].[HH].[HH].[HH].[HH].[HH].[HH].[HH].[HH].[HH].[HH].[HH].[HH].[HH].[HH].[HH].[HH].[HH].[HH].[HH].[HH].[HH].[HH].[HH].[HH].[HH].[HH].[HH].[HH].[HH].[HH].[HH].[HH].[HH].[HH].[HH].[HH].[HH].[HH].[HH].[HH].[HH].[HH].[HH].[HH].[HH].[HH].[HH].[HH].[HH].[HH].[HH].[HH].[HH].[HH].[HH].[HH].[HH].[HH].[HH].[HH].[HH].[HH].[HH].[HH].[HH].[HH].[HH].[HH].[HH]. The molecular formula is C36H291N5O3. The van der Waals surface area contributed by atoms with E-state index in [4.69, 9.17) is 29.7 Å². The van der Waals surface area contributed by atoms with Gasteiger partial charge in [-0.3, -0.25) is 4.79 Å². The summed E-state index contributed by atoms with van der Waals surface area (Å²) >= 11 is 0. The van der Waals surface area contributed by atoms with Crippen LogP contribution < -0.4 is 0 Å². The molecule has 4 atom stereocenters. The number of benzene rings is 2. The van der Waals surface area contributed by atoms with Crippen molar-refractivity contribution >= 4 is 11.9 Å². The van der Waals surface area contributed by atoms with Crippen LogP contribution in [0.2, 0.25) is 0 Å². The summed E-state index contributed by atoms with van der Waals surface area (Å²) in [6, 6.07) is 6.34. The number of carbonyl (C=O) groups excluding carboxylic acids is 1. The van der Waals surface area contributed by atoms with Crippen LogP contribution >= 0.6 is 0 Å². The summed E-state index contributed by atoms with van der Waals surface area (Å²) in [7, 11) is 0. The highest BCUT2D eigenvalue weighted by atomic mass is 16.4. The van der Waals surface area contributed by atoms with Crippen LogP contribution in [0.3, 0.4) is 0 Å². The fraction of sp³-hybridized carbons (Fsp3) is 0.583. The third-order valence-corrected chi connectivity index (χ3v) is 9.51. The molecule has 0 fully saturated rings. The van der Waals surface area contributed by atoms with Gasteiger partial charge in [-0.1, -0.05) is 78.6 Å². The summed E-state index contributed by atoms with van der Waals surface area (Å²) in [6.45, 7) is 23.5. The second kappa shape index (κ2) is 13.6. The lowest BCUT2D eigenvalue weighted by molar-refractivity contribution is -0.170. The molecule has 1 amide bonds. The topological polar surface area (TPSA) is 112 Å². The predicted octanol–water partition coefficient (Wildman–Crippen LogP) is 37.7. The van der Waals surface area contributed by atoms with Crippen molar-refractivity contribution in [3.05, 3.63) is 52.1 Å². The number of hydrogen-bond donors (Lipinski definition) is 2. The van der Waals surface area contributed by atoms with Gasteiger partial charge in [0.05, 0.1) is 7.39 Å². The number of carbonyl (C=O) groups is 2. The van der Waals surface area contributed by atoms with Crippen molar-refractivity contribution in [3.8, 4) is 22.5 Å². The standard InChI is InChI=1S/C36H53N5O3.119H2/c1-13-16-21(3)19-30(42)41(36(12,34(43)44)29(14-2)35(9,10)11)26(8)31-23(5)20-28(24(6)25(31)7)32-22(4)17-15-18-27(32)33-37-39-40-38-33;;;;;;;;;;;;;;;;;;;;;;;;;;;;;;;;;;;;;;;;;;;;;;;;;;;;;;;;;;;;;;;;;;;;;;;;;;;;;;;;;;;;;;;;;;;;;;;;;;;;;;;;;;;;;;;;;;;;;;;/h15,17-18,20-21,26,29H,13-14,16,19H2,1-12H3,(H,43,44)(H,37,38,39,40);119*1H/t21?,26?,29?,36-;;;;;;;;;;;;;;;;;;;;;;;;;;;;;;;;;;;;;;;;;;;;;;;;;;;;;;;;;;;;;;;;;;;;;;;;;;;;;;;;;;;;;;;;;;;;;;;;;;;;;;;;;;;;;;;;;;;;;;;/m0......................................................................................................................./s1/i26D;10*1+1D;;;;;;;;;;;;;;;;;;;;;;;;;;;;;;;;;;;;;;;;;;;;;;;;;;;;;;;;;;;;;;;;;;;;;;;;;;;;;;;;;;;;;;;;;;;;;;;;;;;;;;;;;;;;;. The van der Waals surface area contributed by atoms with E-state index in [-0.39, 0.29) is 174 Å². The number of hydrogen-bond acceptors (Lipinski definition) is 5. The number of carboxylic acids is 1. The van der Waals surface area contributed by atoms with E-state index in [1.807, 2.05) is 80.5 Å². The summed E-state index contributed by atoms with van der Waals surface area (Å²) in [4.78, 5) is 29.4. The Labute approximate surface area is 458 Å². The number of nitrogens with zero attached hydrogens (tertiary/aromatic N) is 4. The van der Waals surface area contributed by atoms with E-state index in [1.165, 1.54) is 4.90 Å². The van der Waals surface area contributed by atoms with Gasteiger partial charge < -0.3 is 10.0 Å². The van der Waals surface area contributed by atoms with E-state index in [0.717, 1.165) is 51.8 Å². The number of nitrogens with one attached hydrogen (secondary N) is 1. The van der Waals surface area contributed by atoms with E-state index in [0.29, 0.717) is 17.8 Å². The number of rotatable bonds is 12. The van der Waals surface area contributed by atoms with Crippen molar-refractivity contribution in [2.24, 2.45) is 17.3 Å². The zero-order valence-electron chi connectivity index (χ0n) is 49.8. The maximum atomic E-state index is 14.5. The lowest BCUT2D eigenvalue weighted by Gasteiger charge is -2.51. The molecular weight excluding hydrogens is 550 g/mol. The third kappa shape index (κ3) is 6.59. The minimum atomic E-state index is -1.69. The van der Waals surface area contributed by atoms with Crippen molar-refractivity contribution in [1.29, 1.82) is 0 Å². The largest absolute Gasteiger partial charge is 0.479 e. The molecule has 44 heavy (non-hydrogen) atoms. The minimum absolute atomic E-state index is 0. The van der Waals surface area contributed by atoms with Crippen molar-refractivity contribution in [2.45, 2.75) is 120 Å². The summed E-state index contributed by atoms with van der Waals surface area (Å²) in [5.74, 6) is -1.26. The van der Waals surface area contributed by atoms with Crippen LogP contribution in [0.25, 0.3) is 22.5 Å². The van der Waals surface area contributed by atoms with Gasteiger partial charge in [0.15, 0.2) is 0 Å². The molecule has 8 nitrogen and oxygen atoms in total. The monoisotopic (exact) mass is 864 g/mol. The number of aryl methyl sites for hydroxylation is 2. The average Bonchev–Trinajstić information content (AvgIpc) is 3.87. The minimum Gasteiger partial charge on any atom is -0.479 e. The number of carboxylic acid groups (broad SMARTS) is 1. The Morgan fingerprint density at radius 2 is 1.75 bits per heavy atom. The second-order valence-corrected chi connectivity index (χ2v) is 13.8. The molecule has 0 bridgehead atoms. The second-order valence-electron chi connectivity index (χ2n) is 13.8. The van der Waals surface area contributed by atoms with Gasteiger partial charge in [-0.05, 0) is 109 Å². The molecule has 0 aliphatic rings. The molecule has 0 saturated heterocycles. The molecule has 1 aromatic heterocycles. The Morgan fingerprint density at radius 1 is 1.09 bits per heavy atom. The van der Waals surface area contributed by atoms with Crippen LogP contribution in [-0.4, -0.2) is 48.0 Å². The van der Waals surface area contributed by atoms with E-state index in [2.05, 4.69) is 33.6 Å². The highest BCUT2D eigenvalue weighted by Crippen LogP contribution is 2.46. The summed E-state index contributed by atoms with van der Waals surface area (Å²) in [5, 5.41) is 25.8. The van der Waals surface area contributed by atoms with E-state index < -0.39 is 28.9 Å². The Kier molecular flexibility index (Phi) is 6.82. The number of H-pyrrole nitrogens is 1. The van der Waals surface area contributed by atoms with E-state index in [9.17, 15) is 16.1 Å². The molecule has 478 valence electrons. The van der Waals surface area contributed by atoms with Crippen molar-refractivity contribution in [2.75, 3.05) is 0 Å². The number of tetrazole rings is 1. The zero-order chi connectivity index (χ0) is 54.1. The highest BCUT2D eigenvalue weighted by Gasteiger charge is 2.53. The molecule has 0 saturated carbocycles. The van der Waals surface area contributed by atoms with Crippen LogP contribution in [0.4, 0.5) is 0 Å². The molecule has 0 spiro atoms. The first-order valence-corrected chi connectivity index (χ1v) is 15.9. The van der Waals surface area contributed by atoms with Gasteiger partial charge in [0.1, 0.15) is 5.54 Å². The average molecular weight is 865 g/mol. The number of aliphatic carboxylic acids is 1. The van der Waals surface area contributed by atoms with Gasteiger partial charge >= 0.3 is 5.97 Å². The molecule has 3 unspecified atom stereocenters. The van der Waals surface area contributed by atoms with Crippen LogP contribution in [0.15, 0.2) is 24.3 Å². The smallest absolute Gasteiger partial charge is 0.329 e. The van der Waals surface area contributed by atoms with Gasteiger partial charge in [0.25, 0.3) is 0 Å². The summed E-state index contributed by atoms with van der Waals surface area (Å²) in [6.07, 6.45) is 2.49. The molecule has 2 aromatic carbocycles. The van der Waals surface area contributed by atoms with E-state index >= 15 is 0 Å². The lowest BCUT2D eigenvalue weighted by atomic mass is 9.66. The Bertz CT molecular complexity index is 1660. The molecule has 3 rings (SSSR count). The van der Waals surface area contributed by atoms with E-state index in [1.54, 1.807) is 13.8 Å². The molecule has 0 radical (unpaired) electrons. The lowest BCUT2D eigenvalue weighted by Crippen LogP contribution is -2.62. The first kappa shape index (κ1) is 22.0. The number of aromatic amines is 1. The molecule has 2 N–H and O–H groups in total. The maximum absolute atomic E-state index is 14.5. The Morgan fingerprint density at radius 3 is 2.27 bits per heavy atom. The van der Waals surface area contributed by atoms with Crippen molar-refractivity contribution in [3.63, 3.8) is 0 Å². The molecule has 0 aliphatic heterocycles. The van der Waals surface area contributed by atoms with Gasteiger partial charge in [-0.15, -0.1) is 10.2 Å². The van der Waals surface area contributed by atoms with Crippen LogP contribution in [0.5, 0.6) is 0 Å². The van der Waals surface area contributed by atoms with Crippen molar-refractivity contribution in [1.82, 2.24) is 25.5 Å². The first-order valence-electron chi connectivity index (χ1n) is 26.4. The molecule has 1 heterocycles. The zero-order valence-corrected chi connectivity index (χ0v) is 28.8. The number of aromatic nitrogens is 4. The van der Waals surface area contributed by atoms with Crippen LogP contribution in [-0.2, 0) is 9.59 Å². The van der Waals surface area contributed by atoms with Crippen molar-refractivity contribution < 1.29 is 201 Å².